The van der Waals surface area contributed by atoms with Gasteiger partial charge in [-0.25, -0.2) is 0 Å². The maximum absolute atomic E-state index is 11.7. The fraction of sp³-hybridized carbons (Fsp3) is 0.500. The van der Waals surface area contributed by atoms with Crippen LogP contribution in [-0.4, -0.2) is 29.6 Å². The summed E-state index contributed by atoms with van der Waals surface area (Å²) in [5.74, 6) is 0.632. The van der Waals surface area contributed by atoms with Crippen molar-refractivity contribution in [1.29, 1.82) is 5.26 Å². The molecule has 22 heavy (non-hydrogen) atoms. The number of nitrogens with zero attached hydrogens (tertiary/aromatic N) is 1. The molecule has 5 nitrogen and oxygen atoms in total. The Labute approximate surface area is 135 Å². The average Bonchev–Trinajstić information content (AvgIpc) is 2.53. The largest absolute Gasteiger partial charge is 0.491 e. The van der Waals surface area contributed by atoms with Crippen molar-refractivity contribution in [1.82, 2.24) is 0 Å². The third kappa shape index (κ3) is 7.30. The van der Waals surface area contributed by atoms with Crippen molar-refractivity contribution in [3.05, 3.63) is 24.3 Å². The topological polar surface area (TPSA) is 82.4 Å². The van der Waals surface area contributed by atoms with Gasteiger partial charge in [0.05, 0.1) is 11.9 Å². The molecular formula is C16H21ClN2O3. The highest BCUT2D eigenvalue weighted by Gasteiger charge is 2.06. The summed E-state index contributed by atoms with van der Waals surface area (Å²) in [6.45, 7) is 1.98. The summed E-state index contributed by atoms with van der Waals surface area (Å²) in [6, 6.07) is 9.05. The molecule has 0 aromatic heterocycles. The van der Waals surface area contributed by atoms with Crippen molar-refractivity contribution in [3.63, 3.8) is 0 Å². The molecule has 1 aromatic carbocycles. The lowest BCUT2D eigenvalue weighted by Gasteiger charge is -2.10. The Morgan fingerprint density at radius 2 is 2.14 bits per heavy atom. The lowest BCUT2D eigenvalue weighted by molar-refractivity contribution is -0.116. The Morgan fingerprint density at radius 3 is 2.73 bits per heavy atom. The van der Waals surface area contributed by atoms with Gasteiger partial charge in [0.2, 0.25) is 5.91 Å². The molecule has 0 aliphatic carbocycles. The number of benzene rings is 1. The number of hydrogen-bond acceptors (Lipinski definition) is 4. The number of aliphatic hydroxyl groups excluding tert-OH is 1. The minimum Gasteiger partial charge on any atom is -0.491 e. The molecule has 0 bridgehead atoms. The van der Waals surface area contributed by atoms with Gasteiger partial charge in [0.1, 0.15) is 18.5 Å². The highest BCUT2D eigenvalue weighted by Crippen LogP contribution is 2.16. The van der Waals surface area contributed by atoms with Gasteiger partial charge in [-0.15, -0.1) is 11.6 Å². The van der Waals surface area contributed by atoms with Crippen LogP contribution in [0.1, 0.15) is 26.2 Å². The Bertz CT molecular complexity index is 499. The lowest BCUT2D eigenvalue weighted by Crippen LogP contribution is -2.18. The number of carbonyl (C=O) groups excluding carboxylic acids is 1. The zero-order chi connectivity index (χ0) is 16.4. The van der Waals surface area contributed by atoms with Crippen LogP contribution >= 0.6 is 11.6 Å². The molecule has 6 heteroatoms. The molecule has 1 rings (SSSR count). The van der Waals surface area contributed by atoms with E-state index in [2.05, 4.69) is 11.4 Å². The number of aliphatic hydroxyl groups is 1. The number of alkyl halides is 1. The van der Waals surface area contributed by atoms with Crippen molar-refractivity contribution in [2.45, 2.75) is 32.3 Å². The summed E-state index contributed by atoms with van der Waals surface area (Å²) < 4.78 is 5.34. The summed E-state index contributed by atoms with van der Waals surface area (Å²) in [5, 5.41) is 20.8. The van der Waals surface area contributed by atoms with Crippen LogP contribution in [0.25, 0.3) is 0 Å². The van der Waals surface area contributed by atoms with Crippen molar-refractivity contribution in [2.24, 2.45) is 5.92 Å². The predicted molar refractivity (Wildman–Crippen MR) is 85.9 cm³/mol. The smallest absolute Gasteiger partial charge is 0.224 e. The second kappa shape index (κ2) is 10.0. The molecule has 120 valence electrons. The predicted octanol–water partition coefficient (Wildman–Crippen LogP) is 2.93. The molecule has 0 aliphatic rings. The van der Waals surface area contributed by atoms with Crippen LogP contribution in [-0.2, 0) is 4.79 Å². The van der Waals surface area contributed by atoms with Crippen LogP contribution in [0.2, 0.25) is 0 Å². The summed E-state index contributed by atoms with van der Waals surface area (Å²) in [7, 11) is 0. The highest BCUT2D eigenvalue weighted by molar-refractivity contribution is 6.18. The van der Waals surface area contributed by atoms with Crippen LogP contribution < -0.4 is 10.1 Å². The Hall–Kier alpha value is -1.77. The number of hydrogen-bond donors (Lipinski definition) is 2. The van der Waals surface area contributed by atoms with E-state index in [1.165, 1.54) is 0 Å². The molecule has 0 saturated heterocycles. The summed E-state index contributed by atoms with van der Waals surface area (Å²) in [4.78, 5) is 11.7. The SMILES string of the molecule is CC(C#N)CCCC(=O)Nc1ccc(OCC(O)CCl)cc1. The van der Waals surface area contributed by atoms with E-state index in [-0.39, 0.29) is 24.3 Å². The molecule has 0 fully saturated rings. The van der Waals surface area contributed by atoms with Crippen molar-refractivity contribution in [2.75, 3.05) is 17.8 Å². The zero-order valence-corrected chi connectivity index (χ0v) is 13.3. The van der Waals surface area contributed by atoms with E-state index < -0.39 is 6.10 Å². The van der Waals surface area contributed by atoms with Gasteiger partial charge in [-0.2, -0.15) is 5.26 Å². The standard InChI is InChI=1S/C16H21ClN2O3/c1-12(10-18)3-2-4-16(21)19-13-5-7-15(8-6-13)22-11-14(20)9-17/h5-8,12,14,20H,2-4,9,11H2,1H3,(H,19,21). The number of nitrogens with one attached hydrogen (secondary N) is 1. The molecule has 1 amide bonds. The van der Waals surface area contributed by atoms with Gasteiger partial charge in [0.15, 0.2) is 0 Å². The third-order valence-electron chi connectivity index (χ3n) is 3.02. The van der Waals surface area contributed by atoms with E-state index >= 15 is 0 Å². The van der Waals surface area contributed by atoms with Crippen LogP contribution in [0.3, 0.4) is 0 Å². The maximum atomic E-state index is 11.7. The highest BCUT2D eigenvalue weighted by atomic mass is 35.5. The molecule has 0 aliphatic heterocycles. The number of anilines is 1. The second-order valence-electron chi connectivity index (χ2n) is 5.11. The van der Waals surface area contributed by atoms with Gasteiger partial charge < -0.3 is 15.2 Å². The van der Waals surface area contributed by atoms with E-state index in [4.69, 9.17) is 21.6 Å². The summed E-state index contributed by atoms with van der Waals surface area (Å²) >= 11 is 5.48. The van der Waals surface area contributed by atoms with E-state index in [1.807, 2.05) is 6.92 Å². The van der Waals surface area contributed by atoms with Gasteiger partial charge >= 0.3 is 0 Å². The molecular weight excluding hydrogens is 304 g/mol. The number of nitriles is 1. The quantitative estimate of drug-likeness (QED) is 0.684. The Morgan fingerprint density at radius 1 is 1.45 bits per heavy atom. The molecule has 0 saturated carbocycles. The normalized spacial score (nSPS) is 13.0. The van der Waals surface area contributed by atoms with E-state index in [1.54, 1.807) is 24.3 Å². The third-order valence-corrected chi connectivity index (χ3v) is 3.38. The van der Waals surface area contributed by atoms with Crippen LogP contribution in [0.5, 0.6) is 5.75 Å². The molecule has 0 heterocycles. The van der Waals surface area contributed by atoms with E-state index in [9.17, 15) is 9.90 Å². The number of carbonyl (C=O) groups is 1. The van der Waals surface area contributed by atoms with Crippen molar-refractivity contribution < 1.29 is 14.6 Å². The monoisotopic (exact) mass is 324 g/mol. The van der Waals surface area contributed by atoms with Gasteiger partial charge in [-0.05, 0) is 44.0 Å². The zero-order valence-electron chi connectivity index (χ0n) is 12.6. The van der Waals surface area contributed by atoms with Crippen LogP contribution in [0, 0.1) is 17.2 Å². The van der Waals surface area contributed by atoms with E-state index in [0.717, 1.165) is 6.42 Å². The van der Waals surface area contributed by atoms with E-state index in [0.29, 0.717) is 24.3 Å². The van der Waals surface area contributed by atoms with Crippen LogP contribution in [0.4, 0.5) is 5.69 Å². The Balaban J connectivity index is 2.34. The number of halogens is 1. The minimum absolute atomic E-state index is 0.0208. The summed E-state index contributed by atoms with van der Waals surface area (Å²) in [5.41, 5.74) is 0.684. The first-order valence-corrected chi connectivity index (χ1v) is 7.75. The van der Waals surface area contributed by atoms with Crippen LogP contribution in [0.15, 0.2) is 24.3 Å². The fourth-order valence-corrected chi connectivity index (χ4v) is 1.82. The number of rotatable bonds is 9. The number of ether oxygens (including phenoxy) is 1. The average molecular weight is 325 g/mol. The molecule has 0 radical (unpaired) electrons. The van der Waals surface area contributed by atoms with Gasteiger partial charge in [-0.3, -0.25) is 4.79 Å². The fourth-order valence-electron chi connectivity index (χ4n) is 1.73. The first kappa shape index (κ1) is 18.3. The molecule has 1 aromatic rings. The number of amides is 1. The molecule has 2 atom stereocenters. The van der Waals surface area contributed by atoms with Crippen molar-refractivity contribution >= 4 is 23.2 Å². The lowest BCUT2D eigenvalue weighted by atomic mass is 10.1. The first-order valence-electron chi connectivity index (χ1n) is 7.21. The minimum atomic E-state index is -0.697. The first-order chi connectivity index (χ1) is 10.5. The molecule has 2 unspecified atom stereocenters. The van der Waals surface area contributed by atoms with Gasteiger partial charge in [0.25, 0.3) is 0 Å². The van der Waals surface area contributed by atoms with Gasteiger partial charge in [0, 0.05) is 18.0 Å². The molecule has 2 N–H and O–H groups in total. The second-order valence-corrected chi connectivity index (χ2v) is 5.42. The Kier molecular flexibility index (Phi) is 8.34. The maximum Gasteiger partial charge on any atom is 0.224 e. The van der Waals surface area contributed by atoms with Crippen molar-refractivity contribution in [3.8, 4) is 11.8 Å². The summed E-state index contributed by atoms with van der Waals surface area (Å²) in [6.07, 6.45) is 1.11. The van der Waals surface area contributed by atoms with Gasteiger partial charge in [-0.1, -0.05) is 0 Å². The molecule has 0 spiro atoms.